The third kappa shape index (κ3) is 4.96. The van der Waals surface area contributed by atoms with Crippen LogP contribution in [0.15, 0.2) is 199 Å². The predicted molar refractivity (Wildman–Crippen MR) is 234 cm³/mol. The van der Waals surface area contributed by atoms with Gasteiger partial charge in [-0.25, -0.2) is 0 Å². The Bertz CT molecular complexity index is 3300. The minimum Gasteiger partial charge on any atom is -0.456 e. The van der Waals surface area contributed by atoms with Crippen molar-refractivity contribution in [2.45, 2.75) is 0 Å². The van der Waals surface area contributed by atoms with Gasteiger partial charge in [-0.15, -0.1) is 0 Å². The van der Waals surface area contributed by atoms with Crippen LogP contribution in [-0.4, -0.2) is 19.1 Å². The van der Waals surface area contributed by atoms with Crippen molar-refractivity contribution in [1.82, 2.24) is 19.1 Å². The van der Waals surface area contributed by atoms with E-state index in [1.54, 1.807) is 0 Å². The van der Waals surface area contributed by atoms with Crippen molar-refractivity contribution in [2.24, 2.45) is 0 Å². The largest absolute Gasteiger partial charge is 0.456 e. The molecule has 5 aromatic heterocycles. The molecule has 0 N–H and O–H groups in total. The van der Waals surface area contributed by atoms with E-state index in [1.165, 1.54) is 5.39 Å². The number of furan rings is 1. The molecule has 5 heteroatoms. The first kappa shape index (κ1) is 31.6. The quantitative estimate of drug-likeness (QED) is 0.177. The van der Waals surface area contributed by atoms with Gasteiger partial charge in [-0.3, -0.25) is 9.97 Å². The Morgan fingerprint density at radius 3 is 1.77 bits per heavy atom. The molecular formula is C52H32N4O. The highest BCUT2D eigenvalue weighted by molar-refractivity contribution is 6.10. The molecule has 12 aromatic rings. The molecule has 0 atom stereocenters. The summed E-state index contributed by atoms with van der Waals surface area (Å²) in [4.78, 5) is 9.42. The second-order valence-electron chi connectivity index (χ2n) is 14.7. The Morgan fingerprint density at radius 1 is 0.351 bits per heavy atom. The molecule has 0 aliphatic carbocycles. The van der Waals surface area contributed by atoms with Crippen molar-refractivity contribution in [2.75, 3.05) is 0 Å². The summed E-state index contributed by atoms with van der Waals surface area (Å²) in [6.45, 7) is 0. The van der Waals surface area contributed by atoms with Crippen LogP contribution in [0, 0.1) is 0 Å². The van der Waals surface area contributed by atoms with E-state index in [0.29, 0.717) is 0 Å². The smallest absolute Gasteiger partial charge is 0.135 e. The fourth-order valence-electron chi connectivity index (χ4n) is 8.84. The predicted octanol–water partition coefficient (Wildman–Crippen LogP) is 13.6. The van der Waals surface area contributed by atoms with E-state index in [0.717, 1.165) is 105 Å². The summed E-state index contributed by atoms with van der Waals surface area (Å²) in [5, 5.41) is 5.65. The van der Waals surface area contributed by atoms with Gasteiger partial charge in [0, 0.05) is 56.9 Å². The van der Waals surface area contributed by atoms with E-state index >= 15 is 0 Å². The monoisotopic (exact) mass is 728 g/mol. The molecule has 5 nitrogen and oxygen atoms in total. The molecule has 0 amide bonds. The molecule has 57 heavy (non-hydrogen) atoms. The minimum absolute atomic E-state index is 0.888. The lowest BCUT2D eigenvalue weighted by Gasteiger charge is -2.17. The number of para-hydroxylation sites is 3. The van der Waals surface area contributed by atoms with E-state index in [9.17, 15) is 0 Å². The Kier molecular flexibility index (Phi) is 6.86. The summed E-state index contributed by atoms with van der Waals surface area (Å²) < 4.78 is 11.0. The Labute approximate surface area is 327 Å². The van der Waals surface area contributed by atoms with Crippen LogP contribution in [0.2, 0.25) is 0 Å². The molecule has 266 valence electrons. The van der Waals surface area contributed by atoms with Crippen molar-refractivity contribution in [3.05, 3.63) is 195 Å². The number of hydrogen-bond donors (Lipinski definition) is 0. The van der Waals surface area contributed by atoms with Crippen molar-refractivity contribution < 1.29 is 4.42 Å². The van der Waals surface area contributed by atoms with Gasteiger partial charge < -0.3 is 13.6 Å². The number of pyridine rings is 2. The maximum absolute atomic E-state index is 6.24. The van der Waals surface area contributed by atoms with Gasteiger partial charge >= 0.3 is 0 Å². The van der Waals surface area contributed by atoms with Gasteiger partial charge in [-0.05, 0) is 118 Å². The van der Waals surface area contributed by atoms with Crippen LogP contribution < -0.4 is 0 Å². The number of aromatic nitrogens is 4. The van der Waals surface area contributed by atoms with Gasteiger partial charge in [0.15, 0.2) is 0 Å². The summed E-state index contributed by atoms with van der Waals surface area (Å²) in [6.07, 6.45) is 5.75. The Morgan fingerprint density at radius 2 is 0.947 bits per heavy atom. The van der Waals surface area contributed by atoms with Crippen LogP contribution in [0.4, 0.5) is 0 Å². The first-order valence-electron chi connectivity index (χ1n) is 19.2. The van der Waals surface area contributed by atoms with Gasteiger partial charge in [0.25, 0.3) is 0 Å². The highest BCUT2D eigenvalue weighted by Gasteiger charge is 2.19. The van der Waals surface area contributed by atoms with Gasteiger partial charge in [-0.1, -0.05) is 91.0 Å². The standard InChI is InChI=1S/C52H32N4O/c1-2-11-33(12-3-1)35-25-36(34-20-21-51-44(30-34)42-14-6-9-19-50(42)57-51)27-37(26-35)38-28-39(55-46-16-7-4-13-41(46)45-32-53-24-22-48(45)55)31-40(29-38)56-47-17-8-5-15-43(47)52-49(56)18-10-23-54-52/h1-32H. The first-order chi connectivity index (χ1) is 28.2. The molecule has 7 aromatic carbocycles. The molecule has 0 unspecified atom stereocenters. The van der Waals surface area contributed by atoms with Crippen molar-refractivity contribution in [3.8, 4) is 44.8 Å². The fraction of sp³-hybridized carbons (Fsp3) is 0. The van der Waals surface area contributed by atoms with E-state index in [1.807, 2.05) is 36.8 Å². The Hall–Kier alpha value is -7.76. The highest BCUT2D eigenvalue weighted by atomic mass is 16.3. The molecule has 0 bridgehead atoms. The summed E-state index contributed by atoms with van der Waals surface area (Å²) in [7, 11) is 0. The third-order valence-electron chi connectivity index (χ3n) is 11.4. The van der Waals surface area contributed by atoms with Crippen molar-refractivity contribution in [3.63, 3.8) is 0 Å². The normalized spacial score (nSPS) is 11.9. The van der Waals surface area contributed by atoms with Crippen LogP contribution >= 0.6 is 0 Å². The molecule has 0 spiro atoms. The molecule has 0 aliphatic rings. The van der Waals surface area contributed by atoms with Crippen LogP contribution in [0.25, 0.3) is 110 Å². The van der Waals surface area contributed by atoms with Gasteiger partial charge in [0.1, 0.15) is 11.2 Å². The van der Waals surface area contributed by atoms with Crippen LogP contribution in [-0.2, 0) is 0 Å². The van der Waals surface area contributed by atoms with Gasteiger partial charge in [0.05, 0.1) is 27.6 Å². The lowest BCUT2D eigenvalue weighted by Crippen LogP contribution is -2.00. The molecule has 12 rings (SSSR count). The van der Waals surface area contributed by atoms with Crippen LogP contribution in [0.5, 0.6) is 0 Å². The second-order valence-corrected chi connectivity index (χ2v) is 14.7. The minimum atomic E-state index is 0.888. The van der Waals surface area contributed by atoms with E-state index in [2.05, 4.69) is 172 Å². The average Bonchev–Trinajstić information content (AvgIpc) is 3.94. The lowest BCUT2D eigenvalue weighted by atomic mass is 9.92. The van der Waals surface area contributed by atoms with E-state index < -0.39 is 0 Å². The molecule has 0 saturated carbocycles. The zero-order chi connectivity index (χ0) is 37.5. The maximum atomic E-state index is 6.24. The van der Waals surface area contributed by atoms with Crippen molar-refractivity contribution in [1.29, 1.82) is 0 Å². The number of fused-ring (bicyclic) bond motifs is 9. The fourth-order valence-corrected chi connectivity index (χ4v) is 8.84. The molecule has 0 fully saturated rings. The molecule has 0 radical (unpaired) electrons. The molecular weight excluding hydrogens is 697 g/mol. The summed E-state index contributed by atoms with van der Waals surface area (Å²) in [6, 6.07) is 62.9. The van der Waals surface area contributed by atoms with Gasteiger partial charge in [0.2, 0.25) is 0 Å². The first-order valence-corrected chi connectivity index (χ1v) is 19.2. The molecule has 0 aliphatic heterocycles. The number of rotatable bonds is 5. The van der Waals surface area contributed by atoms with Crippen LogP contribution in [0.3, 0.4) is 0 Å². The third-order valence-corrected chi connectivity index (χ3v) is 11.4. The number of hydrogen-bond acceptors (Lipinski definition) is 3. The van der Waals surface area contributed by atoms with Crippen LogP contribution in [0.1, 0.15) is 0 Å². The zero-order valence-electron chi connectivity index (χ0n) is 30.7. The molecule has 5 heterocycles. The Balaban J connectivity index is 1.16. The summed E-state index contributed by atoms with van der Waals surface area (Å²) in [5.74, 6) is 0. The van der Waals surface area contributed by atoms with Gasteiger partial charge in [-0.2, -0.15) is 0 Å². The number of benzene rings is 7. The van der Waals surface area contributed by atoms with E-state index in [-0.39, 0.29) is 0 Å². The van der Waals surface area contributed by atoms with E-state index in [4.69, 9.17) is 9.40 Å². The maximum Gasteiger partial charge on any atom is 0.135 e. The molecule has 0 saturated heterocycles. The lowest BCUT2D eigenvalue weighted by molar-refractivity contribution is 0.669. The highest BCUT2D eigenvalue weighted by Crippen LogP contribution is 2.40. The number of nitrogens with zero attached hydrogens (tertiary/aromatic N) is 4. The van der Waals surface area contributed by atoms with Crippen molar-refractivity contribution >= 4 is 65.7 Å². The zero-order valence-corrected chi connectivity index (χ0v) is 30.7. The summed E-state index contributed by atoms with van der Waals surface area (Å²) >= 11 is 0. The topological polar surface area (TPSA) is 48.8 Å². The summed E-state index contributed by atoms with van der Waals surface area (Å²) in [5.41, 5.74) is 16.1. The average molecular weight is 729 g/mol. The second kappa shape index (κ2) is 12.4. The SMILES string of the molecule is c1ccc(-c2cc(-c3cc(-n4c5ccccc5c5cnccc54)cc(-n4c5ccccc5c5ncccc54)c3)cc(-c3ccc4oc5ccccc5c4c3)c2)cc1.